The van der Waals surface area contributed by atoms with Crippen molar-refractivity contribution in [1.82, 2.24) is 9.78 Å². The molecular weight excluding hydrogens is 458 g/mol. The highest BCUT2D eigenvalue weighted by molar-refractivity contribution is 5.90. The van der Waals surface area contributed by atoms with Crippen LogP contribution in [0.5, 0.6) is 0 Å². The lowest BCUT2D eigenvalue weighted by Gasteiger charge is -2.20. The number of aromatic nitrogens is 2. The van der Waals surface area contributed by atoms with Crippen molar-refractivity contribution in [3.63, 3.8) is 0 Å². The van der Waals surface area contributed by atoms with Crippen LogP contribution in [0.3, 0.4) is 0 Å². The maximum Gasteiger partial charge on any atom is 0.224 e. The molecule has 6 nitrogen and oxygen atoms in total. The first-order chi connectivity index (χ1) is 18.0. The Morgan fingerprint density at radius 2 is 1.59 bits per heavy atom. The van der Waals surface area contributed by atoms with E-state index in [4.69, 9.17) is 10.5 Å². The summed E-state index contributed by atoms with van der Waals surface area (Å²) in [4.78, 5) is 12.5. The summed E-state index contributed by atoms with van der Waals surface area (Å²) in [6.45, 7) is 0.625. The van der Waals surface area contributed by atoms with Crippen LogP contribution in [-0.2, 0) is 24.2 Å². The molecule has 1 aliphatic rings. The van der Waals surface area contributed by atoms with Crippen molar-refractivity contribution in [3.05, 3.63) is 107 Å². The molecule has 1 aliphatic carbocycles. The number of rotatable bonds is 8. The Morgan fingerprint density at radius 1 is 0.919 bits per heavy atom. The van der Waals surface area contributed by atoms with Crippen molar-refractivity contribution in [2.24, 2.45) is 0 Å². The number of benzene rings is 3. The number of carbonyl (C=O) groups excluding carboxylic acids is 1. The van der Waals surface area contributed by atoms with Gasteiger partial charge in [-0.25, -0.2) is 4.68 Å². The molecule has 6 heteroatoms. The fourth-order valence-electron chi connectivity index (χ4n) is 4.64. The van der Waals surface area contributed by atoms with Crippen molar-refractivity contribution >= 4 is 29.4 Å². The normalized spacial score (nSPS) is 12.2. The number of carbonyl (C=O) groups is 1. The number of nitrogens with zero attached hydrogens (tertiary/aromatic N) is 2. The molecule has 4 aromatic rings. The van der Waals surface area contributed by atoms with Crippen molar-refractivity contribution < 1.29 is 10.5 Å². The number of amides is 1. The standard InChI is InChI=1S/C31H31N5O/c32-26-16-10-22(11-17-26)8-9-23-12-18-27(19-13-23)34-30(37)7-3-4-20-36-29(33)21-25-15-14-24-5-1-2-6-28(24)31(25)35-36/h1-2,5-6,8-13,16-19,21,33H,3-4,7,14-15,20,32H2,(H,34,37)/p+1. The average Bonchev–Trinajstić information content (AvgIpc) is 2.91. The molecule has 0 bridgehead atoms. The maximum absolute atomic E-state index is 12.5. The third-order valence-electron chi connectivity index (χ3n) is 6.72. The fourth-order valence-corrected chi connectivity index (χ4v) is 4.64. The molecule has 0 radical (unpaired) electrons. The number of nitrogens with one attached hydrogen (secondary N) is 2. The molecule has 1 heterocycles. The van der Waals surface area contributed by atoms with Gasteiger partial charge in [0, 0.05) is 24.2 Å². The Labute approximate surface area is 217 Å². The number of fused-ring (bicyclic) bond motifs is 3. The molecule has 0 atom stereocenters. The van der Waals surface area contributed by atoms with E-state index in [2.05, 4.69) is 41.4 Å². The Morgan fingerprint density at radius 3 is 2.35 bits per heavy atom. The number of hydrogen-bond acceptors (Lipinski definition) is 3. The van der Waals surface area contributed by atoms with Crippen molar-refractivity contribution in [1.29, 1.82) is 5.41 Å². The predicted octanol–water partition coefficient (Wildman–Crippen LogP) is 4.98. The third kappa shape index (κ3) is 6.11. The van der Waals surface area contributed by atoms with Gasteiger partial charge in [-0.3, -0.25) is 10.2 Å². The minimum absolute atomic E-state index is 0.0000172. The highest BCUT2D eigenvalue weighted by atomic mass is 16.1. The van der Waals surface area contributed by atoms with Gasteiger partial charge in [-0.2, -0.15) is 5.10 Å². The van der Waals surface area contributed by atoms with Gasteiger partial charge in [-0.1, -0.05) is 48.6 Å². The lowest BCUT2D eigenvalue weighted by molar-refractivity contribution is -0.254. The van der Waals surface area contributed by atoms with Crippen LogP contribution in [0.2, 0.25) is 0 Å². The zero-order valence-electron chi connectivity index (χ0n) is 20.9. The molecule has 1 aromatic heterocycles. The summed E-state index contributed by atoms with van der Waals surface area (Å²) in [6.07, 6.45) is 7.99. The maximum atomic E-state index is 12.5. The minimum atomic E-state index is -0.0000172. The fraction of sp³-hybridized carbons (Fsp3) is 0.194. The number of anilines is 1. The van der Waals surface area contributed by atoms with E-state index < -0.39 is 0 Å². The van der Waals surface area contributed by atoms with E-state index in [0.717, 1.165) is 59.4 Å². The first kappa shape index (κ1) is 24.4. The summed E-state index contributed by atoms with van der Waals surface area (Å²) in [7, 11) is 0. The second kappa shape index (κ2) is 11.2. The van der Waals surface area contributed by atoms with Gasteiger partial charge in [0.1, 0.15) is 11.2 Å². The van der Waals surface area contributed by atoms with Crippen molar-refractivity contribution in [2.45, 2.75) is 38.6 Å². The van der Waals surface area contributed by atoms with Crippen LogP contribution in [0.1, 0.15) is 41.5 Å². The van der Waals surface area contributed by atoms with Gasteiger partial charge in [0.05, 0.1) is 5.69 Å². The average molecular weight is 491 g/mol. The minimum Gasteiger partial charge on any atom is -0.326 e. The zero-order chi connectivity index (χ0) is 25.6. The molecule has 1 amide bonds. The summed E-state index contributed by atoms with van der Waals surface area (Å²) in [6, 6.07) is 26.2. The summed E-state index contributed by atoms with van der Waals surface area (Å²) in [5, 5.41) is 16.2. The first-order valence-electron chi connectivity index (χ1n) is 12.8. The Balaban J connectivity index is 1.11. The van der Waals surface area contributed by atoms with E-state index in [1.54, 1.807) is 4.68 Å². The van der Waals surface area contributed by atoms with Gasteiger partial charge in [0.2, 0.25) is 5.91 Å². The third-order valence-corrected chi connectivity index (χ3v) is 6.72. The Hall–Kier alpha value is -4.29. The SMILES string of the molecule is N=c1cc2c(nn1CCCCC(=O)Nc1ccc(C=Cc3ccc([NH3+])cc3)cc1)-c1ccccc1CC2. The van der Waals surface area contributed by atoms with Gasteiger partial charge < -0.3 is 11.1 Å². The van der Waals surface area contributed by atoms with Gasteiger partial charge in [-0.15, -0.1) is 0 Å². The Bertz CT molecular complexity index is 1480. The number of quaternary nitrogens is 1. The lowest BCUT2D eigenvalue weighted by Crippen LogP contribution is -2.39. The quantitative estimate of drug-likeness (QED) is 0.240. The monoisotopic (exact) mass is 490 g/mol. The van der Waals surface area contributed by atoms with Crippen LogP contribution >= 0.6 is 0 Å². The summed E-state index contributed by atoms with van der Waals surface area (Å²) in [5.41, 5.74) is 12.9. The molecule has 3 aromatic carbocycles. The summed E-state index contributed by atoms with van der Waals surface area (Å²) < 4.78 is 1.76. The molecule has 5 rings (SSSR count). The van der Waals surface area contributed by atoms with E-state index in [1.807, 2.05) is 60.7 Å². The second-order valence-corrected chi connectivity index (χ2v) is 9.49. The van der Waals surface area contributed by atoms with Crippen molar-refractivity contribution in [2.75, 3.05) is 5.32 Å². The number of hydrogen-bond donors (Lipinski definition) is 3. The molecule has 0 aliphatic heterocycles. The summed E-state index contributed by atoms with van der Waals surface area (Å²) >= 11 is 0. The molecule has 0 unspecified atom stereocenters. The highest BCUT2D eigenvalue weighted by Crippen LogP contribution is 2.30. The molecule has 0 fully saturated rings. The largest absolute Gasteiger partial charge is 0.326 e. The molecule has 186 valence electrons. The lowest BCUT2D eigenvalue weighted by atomic mass is 9.89. The van der Waals surface area contributed by atoms with Crippen LogP contribution < -0.4 is 16.5 Å². The van der Waals surface area contributed by atoms with Crippen molar-refractivity contribution in [3.8, 4) is 11.3 Å². The van der Waals surface area contributed by atoms with E-state index in [9.17, 15) is 4.79 Å². The molecule has 0 saturated heterocycles. The van der Waals surface area contributed by atoms with E-state index in [1.165, 1.54) is 11.1 Å². The zero-order valence-corrected chi connectivity index (χ0v) is 20.9. The number of aryl methyl sites for hydroxylation is 3. The van der Waals surface area contributed by atoms with Gasteiger partial charge >= 0.3 is 0 Å². The topological polar surface area (TPSA) is 98.4 Å². The van der Waals surface area contributed by atoms with Gasteiger partial charge in [0.25, 0.3) is 0 Å². The molecule has 0 saturated carbocycles. The van der Waals surface area contributed by atoms with Gasteiger partial charge in [-0.05, 0) is 90.4 Å². The Kier molecular flexibility index (Phi) is 7.38. The van der Waals surface area contributed by atoms with Crippen LogP contribution in [-0.4, -0.2) is 15.7 Å². The highest BCUT2D eigenvalue weighted by Gasteiger charge is 2.18. The van der Waals surface area contributed by atoms with E-state index in [-0.39, 0.29) is 5.91 Å². The van der Waals surface area contributed by atoms with Crippen LogP contribution in [0.25, 0.3) is 23.4 Å². The van der Waals surface area contributed by atoms with Gasteiger partial charge in [0.15, 0.2) is 0 Å². The van der Waals surface area contributed by atoms with Crippen LogP contribution in [0, 0.1) is 5.41 Å². The van der Waals surface area contributed by atoms with E-state index in [0.29, 0.717) is 18.5 Å². The molecule has 5 N–H and O–H groups in total. The molecule has 0 spiro atoms. The summed E-state index contributed by atoms with van der Waals surface area (Å²) in [5.74, 6) is -0.0000172. The molecular formula is C31H32N5O+. The molecule has 37 heavy (non-hydrogen) atoms. The smallest absolute Gasteiger partial charge is 0.224 e. The predicted molar refractivity (Wildman–Crippen MR) is 148 cm³/mol. The van der Waals surface area contributed by atoms with Crippen LogP contribution in [0.4, 0.5) is 11.4 Å². The second-order valence-electron chi connectivity index (χ2n) is 9.49. The number of unbranched alkanes of at least 4 members (excludes halogenated alkanes) is 1. The van der Waals surface area contributed by atoms with Crippen LogP contribution in [0.15, 0.2) is 78.9 Å². The first-order valence-corrected chi connectivity index (χ1v) is 12.8. The van der Waals surface area contributed by atoms with E-state index >= 15 is 0 Å².